The number of anilines is 1. The molecule has 0 bridgehead atoms. The average Bonchev–Trinajstić information content (AvgIpc) is 3.10. The Balaban J connectivity index is 1.57. The molecule has 1 amide bonds. The zero-order chi connectivity index (χ0) is 21.8. The third-order valence-corrected chi connectivity index (χ3v) is 6.43. The van der Waals surface area contributed by atoms with Crippen molar-refractivity contribution in [2.75, 3.05) is 11.9 Å². The van der Waals surface area contributed by atoms with Crippen LogP contribution >= 0.6 is 23.4 Å². The van der Waals surface area contributed by atoms with Crippen molar-refractivity contribution in [3.8, 4) is 5.75 Å². The molecule has 3 aromatic carbocycles. The van der Waals surface area contributed by atoms with Gasteiger partial charge in [-0.2, -0.15) is 0 Å². The van der Waals surface area contributed by atoms with Crippen LogP contribution in [0, 0.1) is 6.92 Å². The van der Waals surface area contributed by atoms with Crippen molar-refractivity contribution < 1.29 is 9.53 Å². The summed E-state index contributed by atoms with van der Waals surface area (Å²) in [5.41, 5.74) is 2.74. The fraction of sp³-hybridized carbons (Fsp3) is 0.240. The number of nitrogens with one attached hydrogen (secondary N) is 2. The SMILES string of the molecule is CCCCOc1ccc(/C=C2\SC(Nc3ccc(Cl)cc3C)NC2=O)c2ccccc12. The van der Waals surface area contributed by atoms with Crippen LogP contribution in [0.2, 0.25) is 5.02 Å². The van der Waals surface area contributed by atoms with Crippen molar-refractivity contribution in [1.82, 2.24) is 5.32 Å². The first kappa shape index (κ1) is 21.6. The number of aryl methyl sites for hydroxylation is 1. The Labute approximate surface area is 192 Å². The molecular weight excluding hydrogens is 428 g/mol. The number of unbranched alkanes of at least 4 members (excludes halogenated alkanes) is 1. The van der Waals surface area contributed by atoms with E-state index < -0.39 is 0 Å². The van der Waals surface area contributed by atoms with Gasteiger partial charge in [-0.25, -0.2) is 0 Å². The summed E-state index contributed by atoms with van der Waals surface area (Å²) in [6, 6.07) is 17.8. The van der Waals surface area contributed by atoms with E-state index in [9.17, 15) is 4.79 Å². The molecular formula is C25H25ClN2O2S. The van der Waals surface area contributed by atoms with Crippen LogP contribution < -0.4 is 15.4 Å². The van der Waals surface area contributed by atoms with Crippen molar-refractivity contribution in [2.24, 2.45) is 0 Å². The normalized spacial score (nSPS) is 17.2. The highest BCUT2D eigenvalue weighted by Crippen LogP contribution is 2.35. The third-order valence-electron chi connectivity index (χ3n) is 5.17. The van der Waals surface area contributed by atoms with E-state index in [1.54, 1.807) is 0 Å². The summed E-state index contributed by atoms with van der Waals surface area (Å²) in [5, 5.41) is 9.19. The summed E-state index contributed by atoms with van der Waals surface area (Å²) in [6.45, 7) is 4.84. The van der Waals surface area contributed by atoms with Gasteiger partial charge in [-0.3, -0.25) is 4.79 Å². The molecule has 0 aliphatic carbocycles. The lowest BCUT2D eigenvalue weighted by Crippen LogP contribution is -2.31. The maximum Gasteiger partial charge on any atom is 0.260 e. The van der Waals surface area contributed by atoms with E-state index in [1.807, 2.05) is 55.5 Å². The van der Waals surface area contributed by atoms with Gasteiger partial charge < -0.3 is 15.4 Å². The highest BCUT2D eigenvalue weighted by Gasteiger charge is 2.27. The van der Waals surface area contributed by atoms with Crippen LogP contribution in [-0.2, 0) is 4.79 Å². The van der Waals surface area contributed by atoms with Gasteiger partial charge in [0.15, 0.2) is 5.50 Å². The van der Waals surface area contributed by atoms with Gasteiger partial charge in [0.1, 0.15) is 5.75 Å². The van der Waals surface area contributed by atoms with Gasteiger partial charge in [0.2, 0.25) is 0 Å². The predicted octanol–water partition coefficient (Wildman–Crippen LogP) is 6.58. The fourth-order valence-corrected chi connectivity index (χ4v) is 4.70. The monoisotopic (exact) mass is 452 g/mol. The zero-order valence-corrected chi connectivity index (χ0v) is 19.1. The molecule has 2 N–H and O–H groups in total. The summed E-state index contributed by atoms with van der Waals surface area (Å²) in [7, 11) is 0. The molecule has 1 unspecified atom stereocenters. The first-order valence-electron chi connectivity index (χ1n) is 10.4. The lowest BCUT2D eigenvalue weighted by atomic mass is 10.0. The van der Waals surface area contributed by atoms with E-state index in [2.05, 4.69) is 29.7 Å². The Morgan fingerprint density at radius 2 is 1.97 bits per heavy atom. The molecule has 31 heavy (non-hydrogen) atoms. The Morgan fingerprint density at radius 3 is 2.74 bits per heavy atom. The molecule has 1 fully saturated rings. The molecule has 1 heterocycles. The number of rotatable bonds is 7. The lowest BCUT2D eigenvalue weighted by molar-refractivity contribution is -0.116. The minimum Gasteiger partial charge on any atom is -0.493 e. The highest BCUT2D eigenvalue weighted by molar-refractivity contribution is 8.05. The van der Waals surface area contributed by atoms with Crippen molar-refractivity contribution in [3.63, 3.8) is 0 Å². The number of fused-ring (bicyclic) bond motifs is 1. The van der Waals surface area contributed by atoms with Crippen LogP contribution in [0.25, 0.3) is 16.8 Å². The van der Waals surface area contributed by atoms with Crippen LogP contribution in [0.15, 0.2) is 59.5 Å². The summed E-state index contributed by atoms with van der Waals surface area (Å²) >= 11 is 7.52. The van der Waals surface area contributed by atoms with Gasteiger partial charge in [-0.05, 0) is 60.2 Å². The van der Waals surface area contributed by atoms with Crippen LogP contribution in [0.5, 0.6) is 5.75 Å². The molecule has 0 spiro atoms. The Hall–Kier alpha value is -2.63. The van der Waals surface area contributed by atoms with Gasteiger partial charge in [0.25, 0.3) is 5.91 Å². The van der Waals surface area contributed by atoms with Crippen molar-refractivity contribution in [2.45, 2.75) is 32.2 Å². The standard InChI is InChI=1S/C25H25ClN2O2S/c1-3-4-13-30-22-12-9-17(19-7-5-6-8-20(19)22)15-23-24(29)28-25(31-23)27-21-11-10-18(26)14-16(21)2/h5-12,14-15,25,27H,3-4,13H2,1-2H3,(H,28,29)/b23-15-. The van der Waals surface area contributed by atoms with Gasteiger partial charge >= 0.3 is 0 Å². The smallest absolute Gasteiger partial charge is 0.260 e. The summed E-state index contributed by atoms with van der Waals surface area (Å²) in [4.78, 5) is 13.3. The van der Waals surface area contributed by atoms with Crippen LogP contribution in [0.4, 0.5) is 5.69 Å². The summed E-state index contributed by atoms with van der Waals surface area (Å²) < 4.78 is 5.98. The summed E-state index contributed by atoms with van der Waals surface area (Å²) in [6.07, 6.45) is 4.08. The Morgan fingerprint density at radius 1 is 1.16 bits per heavy atom. The molecule has 1 saturated heterocycles. The van der Waals surface area contributed by atoms with E-state index in [4.69, 9.17) is 16.3 Å². The van der Waals surface area contributed by atoms with Crippen LogP contribution in [0.3, 0.4) is 0 Å². The van der Waals surface area contributed by atoms with E-state index in [0.29, 0.717) is 16.5 Å². The second-order valence-electron chi connectivity index (χ2n) is 7.48. The zero-order valence-electron chi connectivity index (χ0n) is 17.6. The maximum atomic E-state index is 12.6. The highest BCUT2D eigenvalue weighted by atomic mass is 35.5. The Bertz CT molecular complexity index is 1150. The van der Waals surface area contributed by atoms with Gasteiger partial charge in [0.05, 0.1) is 11.5 Å². The molecule has 160 valence electrons. The molecule has 3 aromatic rings. The molecule has 0 aromatic heterocycles. The number of thioether (sulfide) groups is 1. The number of ether oxygens (including phenoxy) is 1. The van der Waals surface area contributed by atoms with Crippen molar-refractivity contribution in [1.29, 1.82) is 0 Å². The molecule has 1 aliphatic heterocycles. The minimum atomic E-state index is -0.235. The largest absolute Gasteiger partial charge is 0.493 e. The number of hydrogen-bond acceptors (Lipinski definition) is 4. The Kier molecular flexibility index (Phi) is 6.73. The summed E-state index contributed by atoms with van der Waals surface area (Å²) in [5.74, 6) is 0.800. The molecule has 4 rings (SSSR count). The number of carbonyl (C=O) groups excluding carboxylic acids is 1. The first-order valence-corrected chi connectivity index (χ1v) is 11.7. The first-order chi connectivity index (χ1) is 15.0. The van der Waals surface area contributed by atoms with Gasteiger partial charge in [-0.1, -0.05) is 67.0 Å². The molecule has 4 nitrogen and oxygen atoms in total. The number of halogens is 1. The fourth-order valence-electron chi connectivity index (χ4n) is 3.51. The average molecular weight is 453 g/mol. The molecule has 1 atom stereocenters. The van der Waals surface area contributed by atoms with Gasteiger partial charge in [0, 0.05) is 16.1 Å². The number of amides is 1. The van der Waals surface area contributed by atoms with Crippen molar-refractivity contribution in [3.05, 3.63) is 75.7 Å². The van der Waals surface area contributed by atoms with E-state index in [0.717, 1.165) is 46.2 Å². The van der Waals surface area contributed by atoms with Crippen LogP contribution in [0.1, 0.15) is 30.9 Å². The molecule has 0 saturated carbocycles. The van der Waals surface area contributed by atoms with E-state index in [1.165, 1.54) is 11.8 Å². The topological polar surface area (TPSA) is 50.4 Å². The number of carbonyl (C=O) groups is 1. The quantitative estimate of drug-likeness (QED) is 0.314. The van der Waals surface area contributed by atoms with E-state index >= 15 is 0 Å². The second-order valence-corrected chi connectivity index (χ2v) is 9.07. The maximum absolute atomic E-state index is 12.6. The molecule has 1 aliphatic rings. The van der Waals surface area contributed by atoms with Crippen LogP contribution in [-0.4, -0.2) is 18.0 Å². The van der Waals surface area contributed by atoms with E-state index in [-0.39, 0.29) is 11.4 Å². The predicted molar refractivity (Wildman–Crippen MR) is 132 cm³/mol. The van der Waals surface area contributed by atoms with Crippen molar-refractivity contribution >= 4 is 51.8 Å². The number of hydrogen-bond donors (Lipinski definition) is 2. The third kappa shape index (κ3) is 5.00. The minimum absolute atomic E-state index is 0.0820. The second kappa shape index (κ2) is 9.67. The lowest BCUT2D eigenvalue weighted by Gasteiger charge is -2.15. The molecule has 0 radical (unpaired) electrons. The van der Waals surface area contributed by atoms with Gasteiger partial charge in [-0.15, -0.1) is 0 Å². The molecule has 6 heteroatoms. The number of benzene rings is 3.